The van der Waals surface area contributed by atoms with Gasteiger partial charge in [0.1, 0.15) is 0 Å². The van der Waals surface area contributed by atoms with E-state index in [0.29, 0.717) is 22.4 Å². The lowest BCUT2D eigenvalue weighted by Gasteiger charge is -2.06. The third-order valence-corrected chi connectivity index (χ3v) is 5.00. The second-order valence-electron chi connectivity index (χ2n) is 7.23. The summed E-state index contributed by atoms with van der Waals surface area (Å²) in [6.07, 6.45) is 7.27. The fraction of sp³-hybridized carbons (Fsp3) is 0.160. The van der Waals surface area contributed by atoms with Gasteiger partial charge in [-0.3, -0.25) is 4.79 Å². The summed E-state index contributed by atoms with van der Waals surface area (Å²) >= 11 is 0. The molecule has 2 aromatic rings. The van der Waals surface area contributed by atoms with Crippen LogP contribution in [0.1, 0.15) is 36.5 Å². The van der Waals surface area contributed by atoms with Gasteiger partial charge < -0.3 is 5.32 Å². The molecule has 0 saturated heterocycles. The van der Waals surface area contributed by atoms with Crippen LogP contribution in [0.3, 0.4) is 0 Å². The van der Waals surface area contributed by atoms with Crippen LogP contribution < -0.4 is 25.3 Å². The van der Waals surface area contributed by atoms with Crippen molar-refractivity contribution >= 4 is 17.9 Å². The minimum atomic E-state index is -0.177. The van der Waals surface area contributed by atoms with Crippen LogP contribution in [0.4, 0.5) is 5.69 Å². The minimum Gasteiger partial charge on any atom is -0.322 e. The molecule has 5 nitrogen and oxygen atoms in total. The lowest BCUT2D eigenvalue weighted by Crippen LogP contribution is -2.32. The molecule has 0 atom stereocenters. The Morgan fingerprint density at radius 2 is 2.07 bits per heavy atom. The van der Waals surface area contributed by atoms with Crippen molar-refractivity contribution in [3.8, 4) is 18.0 Å². The van der Waals surface area contributed by atoms with Gasteiger partial charge >= 0.3 is 17.1 Å². The quantitative estimate of drug-likeness (QED) is 0.491. The standard InChI is InChI=1S/C25H19N4O/c1-3-18-5-6-21(12-18)25(30)28-22-13-19(11-20(14-22)15-26)8-9-29-16-27-23-10-17(2)4-7-24(23)29/h4,6-7,10-14,16H,3,5H2,1-2H3/q+1/p+1. The second-order valence-corrected chi connectivity index (χ2v) is 7.23. The molecule has 144 valence electrons. The van der Waals surface area contributed by atoms with E-state index in [-0.39, 0.29) is 5.91 Å². The Balaban J connectivity index is 1.62. The van der Waals surface area contributed by atoms with Crippen molar-refractivity contribution in [3.63, 3.8) is 0 Å². The Morgan fingerprint density at radius 1 is 1.23 bits per heavy atom. The Kier molecular flexibility index (Phi) is 5.14. The maximum Gasteiger partial charge on any atom is 0.537 e. The van der Waals surface area contributed by atoms with Crippen molar-refractivity contribution in [2.45, 2.75) is 26.7 Å². The predicted octanol–water partition coefficient (Wildman–Crippen LogP) is 1.70. The molecule has 0 aromatic heterocycles. The number of benzene rings is 2. The van der Waals surface area contributed by atoms with Crippen LogP contribution in [0.25, 0.3) is 0 Å². The van der Waals surface area contributed by atoms with Gasteiger partial charge in [-0.2, -0.15) is 5.26 Å². The van der Waals surface area contributed by atoms with Crippen molar-refractivity contribution in [1.29, 1.82) is 5.26 Å². The lowest BCUT2D eigenvalue weighted by molar-refractivity contribution is -0.112. The number of hydrogen-bond acceptors (Lipinski definition) is 2. The predicted molar refractivity (Wildman–Crippen MR) is 117 cm³/mol. The Morgan fingerprint density at radius 3 is 2.83 bits per heavy atom. The van der Waals surface area contributed by atoms with Crippen molar-refractivity contribution in [2.75, 3.05) is 5.32 Å². The first-order valence-electron chi connectivity index (χ1n) is 9.77. The fourth-order valence-corrected chi connectivity index (χ4v) is 3.36. The summed E-state index contributed by atoms with van der Waals surface area (Å²) in [6, 6.07) is 16.3. The number of carbonyl (C=O) groups excluding carboxylic acids is 1. The highest BCUT2D eigenvalue weighted by Crippen LogP contribution is 2.22. The zero-order chi connectivity index (χ0) is 21.1. The van der Waals surface area contributed by atoms with Gasteiger partial charge in [0.25, 0.3) is 5.91 Å². The van der Waals surface area contributed by atoms with Crippen LogP contribution in [-0.2, 0) is 4.79 Å². The first kappa shape index (κ1) is 19.2. The first-order chi connectivity index (χ1) is 14.6. The number of nitriles is 1. The van der Waals surface area contributed by atoms with Gasteiger partial charge in [-0.15, -0.1) is 0 Å². The molecule has 0 fully saturated rings. The molecule has 4 rings (SSSR count). The normalized spacial score (nSPS) is 13.4. The maximum absolute atomic E-state index is 12.6. The van der Waals surface area contributed by atoms with Crippen LogP contribution in [-0.4, -0.2) is 12.2 Å². The maximum atomic E-state index is 12.6. The number of fused-ring (bicyclic) bond motifs is 1. The van der Waals surface area contributed by atoms with Crippen LogP contribution in [0.5, 0.6) is 0 Å². The average molecular weight is 392 g/mol. The molecular formula is C25H20N4O+2. The molecule has 1 heterocycles. The molecule has 0 bridgehead atoms. The average Bonchev–Trinajstić information content (AvgIpc) is 3.38. The van der Waals surface area contributed by atoms with Crippen molar-refractivity contribution < 1.29 is 4.79 Å². The van der Waals surface area contributed by atoms with Crippen LogP contribution in [0, 0.1) is 30.2 Å². The van der Waals surface area contributed by atoms with E-state index >= 15 is 0 Å². The Hall–Kier alpha value is -4.18. The smallest absolute Gasteiger partial charge is 0.322 e. The second kappa shape index (κ2) is 8.05. The molecule has 2 aromatic carbocycles. The third-order valence-electron chi connectivity index (χ3n) is 5.00. The molecule has 1 aliphatic heterocycles. The molecule has 1 aliphatic carbocycles. The summed E-state index contributed by atoms with van der Waals surface area (Å²) in [4.78, 5) is 12.6. The highest BCUT2D eigenvalue weighted by atomic mass is 16.1. The highest BCUT2D eigenvalue weighted by molar-refractivity contribution is 6.06. The van der Waals surface area contributed by atoms with Gasteiger partial charge in [0, 0.05) is 34.9 Å². The SMILES string of the molecule is CCC1=CC(C(=O)Nc2cc(C#N)cc(C#C[N+]3=c4ccc(C)cc4=[N+]=C3)c2)=CC1. The molecule has 0 spiro atoms. The van der Waals surface area contributed by atoms with Gasteiger partial charge in [0.05, 0.1) is 11.6 Å². The molecule has 30 heavy (non-hydrogen) atoms. The summed E-state index contributed by atoms with van der Waals surface area (Å²) in [6.45, 7) is 4.10. The number of nitrogens with zero attached hydrogens (tertiary/aromatic N) is 3. The van der Waals surface area contributed by atoms with E-state index in [4.69, 9.17) is 0 Å². The van der Waals surface area contributed by atoms with Gasteiger partial charge in [-0.05, 0) is 52.8 Å². The minimum absolute atomic E-state index is 0.177. The molecule has 5 heteroatoms. The summed E-state index contributed by atoms with van der Waals surface area (Å²) in [5, 5.41) is 14.1. The lowest BCUT2D eigenvalue weighted by atomic mass is 10.1. The Labute approximate surface area is 174 Å². The van der Waals surface area contributed by atoms with Crippen LogP contribution >= 0.6 is 0 Å². The number of carbonyl (C=O) groups is 1. The zero-order valence-corrected chi connectivity index (χ0v) is 16.9. The van der Waals surface area contributed by atoms with Gasteiger partial charge in [0.2, 0.25) is 6.04 Å². The van der Waals surface area contributed by atoms with E-state index in [1.807, 2.05) is 37.3 Å². The van der Waals surface area contributed by atoms with E-state index < -0.39 is 0 Å². The van der Waals surface area contributed by atoms with Crippen LogP contribution in [0.15, 0.2) is 59.7 Å². The van der Waals surface area contributed by atoms with Gasteiger partial charge in [-0.1, -0.05) is 30.7 Å². The number of nitrogens with one attached hydrogen (secondary N) is 1. The first-order valence-corrected chi connectivity index (χ1v) is 9.77. The molecule has 0 radical (unpaired) electrons. The topological polar surface area (TPSA) is 70.0 Å². The number of aryl methyl sites for hydroxylation is 1. The number of rotatable bonds is 3. The van der Waals surface area contributed by atoms with Crippen molar-refractivity contribution in [1.82, 2.24) is 9.24 Å². The molecule has 0 unspecified atom stereocenters. The summed E-state index contributed by atoms with van der Waals surface area (Å²) in [5.41, 5.74) is 4.66. The molecule has 1 amide bonds. The number of allylic oxidation sites excluding steroid dienone is 2. The monoisotopic (exact) mass is 392 g/mol. The number of amides is 1. The third kappa shape index (κ3) is 3.98. The molecule has 1 N–H and O–H groups in total. The van der Waals surface area contributed by atoms with Crippen LogP contribution in [0.2, 0.25) is 0 Å². The largest absolute Gasteiger partial charge is 0.537 e. The van der Waals surface area contributed by atoms with E-state index in [1.54, 1.807) is 29.1 Å². The van der Waals surface area contributed by atoms with E-state index in [9.17, 15) is 10.1 Å². The van der Waals surface area contributed by atoms with E-state index in [2.05, 4.69) is 34.9 Å². The fourth-order valence-electron chi connectivity index (χ4n) is 3.36. The summed E-state index contributed by atoms with van der Waals surface area (Å²) in [5.74, 6) is 2.89. The number of anilines is 1. The van der Waals surface area contributed by atoms with E-state index in [1.165, 1.54) is 5.57 Å². The van der Waals surface area contributed by atoms with Gasteiger partial charge in [-0.25, -0.2) is 0 Å². The molecule has 2 aliphatic rings. The molecule has 0 saturated carbocycles. The summed E-state index contributed by atoms with van der Waals surface area (Å²) < 4.78 is 6.14. The zero-order valence-electron chi connectivity index (χ0n) is 16.9. The summed E-state index contributed by atoms with van der Waals surface area (Å²) in [7, 11) is 0. The van der Waals surface area contributed by atoms with Crippen molar-refractivity contribution in [2.24, 2.45) is 0 Å². The van der Waals surface area contributed by atoms with E-state index in [0.717, 1.165) is 29.1 Å². The number of hydrogen-bond donors (Lipinski definition) is 1. The molecular weight excluding hydrogens is 372 g/mol. The van der Waals surface area contributed by atoms with Gasteiger partial charge in [0.15, 0.2) is 0 Å². The highest BCUT2D eigenvalue weighted by Gasteiger charge is 2.18. The Bertz CT molecular complexity index is 1400. The van der Waals surface area contributed by atoms with Crippen molar-refractivity contribution in [3.05, 3.63) is 87.1 Å².